The van der Waals surface area contributed by atoms with Crippen molar-refractivity contribution in [3.63, 3.8) is 0 Å². The molecule has 0 aliphatic heterocycles. The zero-order chi connectivity index (χ0) is 20.3. The number of ether oxygens (including phenoxy) is 1. The van der Waals surface area contributed by atoms with Crippen LogP contribution in [-0.2, 0) is 26.1 Å². The maximum atomic E-state index is 12.1. The Morgan fingerprint density at radius 2 is 1.89 bits per heavy atom. The van der Waals surface area contributed by atoms with Crippen LogP contribution in [0.15, 0.2) is 41.3 Å². The number of nitrogens with one attached hydrogen (secondary N) is 1. The number of benzene rings is 1. The van der Waals surface area contributed by atoms with Crippen LogP contribution in [0.5, 0.6) is 0 Å². The van der Waals surface area contributed by atoms with Crippen molar-refractivity contribution in [1.29, 1.82) is 0 Å². The Balaban J connectivity index is 1.52. The fourth-order valence-corrected chi connectivity index (χ4v) is 4.78. The quantitative estimate of drug-likeness (QED) is 0.634. The van der Waals surface area contributed by atoms with Crippen molar-refractivity contribution in [3.8, 4) is 0 Å². The Morgan fingerprint density at radius 1 is 1.21 bits per heavy atom. The molecule has 2 aromatic rings. The van der Waals surface area contributed by atoms with E-state index in [1.165, 1.54) is 40.5 Å². The van der Waals surface area contributed by atoms with Crippen molar-refractivity contribution in [2.75, 3.05) is 13.7 Å². The summed E-state index contributed by atoms with van der Waals surface area (Å²) in [5.41, 5.74) is 0.172. The number of carbonyl (C=O) groups excluding carboxylic acids is 2. The van der Waals surface area contributed by atoms with E-state index in [1.807, 2.05) is 6.07 Å². The molecule has 1 N–H and O–H groups in total. The van der Waals surface area contributed by atoms with E-state index in [4.69, 9.17) is 16.3 Å². The van der Waals surface area contributed by atoms with Gasteiger partial charge in [0.05, 0.1) is 21.3 Å². The number of hydrogen-bond acceptors (Lipinski definition) is 6. The van der Waals surface area contributed by atoms with E-state index in [9.17, 15) is 18.0 Å². The monoisotopic (exact) mass is 442 g/mol. The van der Waals surface area contributed by atoms with Gasteiger partial charge >= 0.3 is 5.97 Å². The maximum absolute atomic E-state index is 12.1. The minimum atomic E-state index is -3.58. The minimum absolute atomic E-state index is 0.00264. The highest BCUT2D eigenvalue weighted by Crippen LogP contribution is 2.23. The van der Waals surface area contributed by atoms with Gasteiger partial charge < -0.3 is 9.64 Å². The average Bonchev–Trinajstić information content (AvgIpc) is 3.37. The van der Waals surface area contributed by atoms with E-state index in [1.54, 1.807) is 13.1 Å². The van der Waals surface area contributed by atoms with Crippen LogP contribution in [0, 0.1) is 0 Å². The van der Waals surface area contributed by atoms with Crippen molar-refractivity contribution in [2.45, 2.75) is 30.3 Å². The molecule has 0 atom stereocenters. The Morgan fingerprint density at radius 3 is 2.46 bits per heavy atom. The maximum Gasteiger partial charge on any atom is 0.338 e. The number of amides is 1. The van der Waals surface area contributed by atoms with Crippen molar-refractivity contribution >= 4 is 44.8 Å². The fourth-order valence-electron chi connectivity index (χ4n) is 2.34. The lowest BCUT2D eigenvalue weighted by molar-refractivity contribution is -0.133. The van der Waals surface area contributed by atoms with Crippen molar-refractivity contribution in [1.82, 2.24) is 9.62 Å². The smallest absolute Gasteiger partial charge is 0.338 e. The van der Waals surface area contributed by atoms with Crippen LogP contribution in [0.2, 0.25) is 4.34 Å². The van der Waals surface area contributed by atoms with Gasteiger partial charge in [-0.1, -0.05) is 11.6 Å². The highest BCUT2D eigenvalue weighted by molar-refractivity contribution is 7.89. The molecule has 0 spiro atoms. The molecule has 1 aliphatic rings. The third-order valence-electron chi connectivity index (χ3n) is 4.07. The Labute approximate surface area is 172 Å². The van der Waals surface area contributed by atoms with Crippen LogP contribution >= 0.6 is 22.9 Å². The van der Waals surface area contributed by atoms with Gasteiger partial charge in [0, 0.05) is 18.0 Å². The molecule has 7 nitrogen and oxygen atoms in total. The van der Waals surface area contributed by atoms with Crippen LogP contribution in [0.1, 0.15) is 28.1 Å². The van der Waals surface area contributed by atoms with Crippen molar-refractivity contribution < 1.29 is 22.7 Å². The SMILES string of the molecule is CN(Cc1ccc(Cl)s1)C(=O)COC(=O)c1ccc(S(=O)(=O)NC2CC2)cc1. The largest absolute Gasteiger partial charge is 0.452 e. The molecule has 0 bridgehead atoms. The highest BCUT2D eigenvalue weighted by atomic mass is 35.5. The van der Waals surface area contributed by atoms with Gasteiger partial charge in [0.15, 0.2) is 6.61 Å². The zero-order valence-electron chi connectivity index (χ0n) is 15.1. The van der Waals surface area contributed by atoms with Gasteiger partial charge in [0.25, 0.3) is 5.91 Å². The molecule has 1 aromatic carbocycles. The first-order valence-corrected chi connectivity index (χ1v) is 11.2. The Kier molecular flexibility index (Phi) is 6.39. The van der Waals surface area contributed by atoms with Gasteiger partial charge in [0.1, 0.15) is 0 Å². The first-order chi connectivity index (χ1) is 13.2. The molecule has 1 amide bonds. The Hall–Kier alpha value is -1.94. The van der Waals surface area contributed by atoms with Crippen molar-refractivity contribution in [2.24, 2.45) is 0 Å². The molecule has 28 heavy (non-hydrogen) atoms. The summed E-state index contributed by atoms with van der Waals surface area (Å²) in [6.07, 6.45) is 1.68. The molecule has 1 aliphatic carbocycles. The molecule has 10 heteroatoms. The van der Waals surface area contributed by atoms with Crippen LogP contribution < -0.4 is 4.72 Å². The van der Waals surface area contributed by atoms with E-state index in [0.717, 1.165) is 17.7 Å². The Bertz CT molecular complexity index is 968. The van der Waals surface area contributed by atoms with Gasteiger partial charge in [-0.15, -0.1) is 11.3 Å². The van der Waals surface area contributed by atoms with Gasteiger partial charge in [-0.25, -0.2) is 17.9 Å². The van der Waals surface area contributed by atoms with E-state index < -0.39 is 22.6 Å². The number of nitrogens with zero attached hydrogens (tertiary/aromatic N) is 1. The lowest BCUT2D eigenvalue weighted by atomic mass is 10.2. The number of rotatable bonds is 8. The lowest BCUT2D eigenvalue weighted by Crippen LogP contribution is -2.30. The normalized spacial score (nSPS) is 13.9. The third-order valence-corrected chi connectivity index (χ3v) is 6.83. The van der Waals surface area contributed by atoms with Crippen molar-refractivity contribution in [3.05, 3.63) is 51.2 Å². The number of carbonyl (C=O) groups is 2. The number of halogens is 1. The number of thiophene rings is 1. The first-order valence-electron chi connectivity index (χ1n) is 8.52. The van der Waals surface area contributed by atoms with Gasteiger partial charge in [0.2, 0.25) is 10.0 Å². The molecule has 0 radical (unpaired) electrons. The third kappa shape index (κ3) is 5.54. The summed E-state index contributed by atoms with van der Waals surface area (Å²) in [5.74, 6) is -1.05. The van der Waals surface area contributed by atoms with Gasteiger partial charge in [-0.3, -0.25) is 4.79 Å². The van der Waals surface area contributed by atoms with E-state index in [0.29, 0.717) is 10.9 Å². The molecule has 0 unspecified atom stereocenters. The first kappa shape index (κ1) is 20.8. The predicted octanol–water partition coefficient (Wildman–Crippen LogP) is 2.66. The van der Waals surface area contributed by atoms with E-state index >= 15 is 0 Å². The number of sulfonamides is 1. The second-order valence-electron chi connectivity index (χ2n) is 6.45. The number of esters is 1. The summed E-state index contributed by atoms with van der Waals surface area (Å²) in [4.78, 5) is 26.7. The second-order valence-corrected chi connectivity index (χ2v) is 9.97. The predicted molar refractivity (Wildman–Crippen MR) is 106 cm³/mol. The van der Waals surface area contributed by atoms with E-state index in [2.05, 4.69) is 4.72 Å². The fraction of sp³-hybridized carbons (Fsp3) is 0.333. The van der Waals surface area contributed by atoms with Gasteiger partial charge in [-0.05, 0) is 49.2 Å². The molecule has 3 rings (SSSR count). The molecule has 1 fully saturated rings. The summed E-state index contributed by atoms with van der Waals surface area (Å²) in [5, 5.41) is 0. The molecule has 0 saturated heterocycles. The van der Waals surface area contributed by atoms with Crippen LogP contribution in [0.4, 0.5) is 0 Å². The second kappa shape index (κ2) is 8.60. The highest BCUT2D eigenvalue weighted by Gasteiger charge is 2.28. The topological polar surface area (TPSA) is 92.8 Å². The standard InChI is InChI=1S/C18H19ClN2O5S2/c1-21(10-14-6-9-16(19)27-14)17(22)11-26-18(23)12-2-7-15(8-3-12)28(24,25)20-13-4-5-13/h2-3,6-9,13,20H,4-5,10-11H2,1H3. The van der Waals surface area contributed by atoms with Crippen LogP contribution in [0.3, 0.4) is 0 Å². The van der Waals surface area contributed by atoms with E-state index in [-0.39, 0.29) is 22.4 Å². The number of hydrogen-bond donors (Lipinski definition) is 1. The molecular weight excluding hydrogens is 424 g/mol. The minimum Gasteiger partial charge on any atom is -0.452 e. The molecule has 1 aromatic heterocycles. The molecule has 1 saturated carbocycles. The zero-order valence-corrected chi connectivity index (χ0v) is 17.4. The summed E-state index contributed by atoms with van der Waals surface area (Å²) in [6.45, 7) is -0.0357. The molecular formula is C18H19ClN2O5S2. The summed E-state index contributed by atoms with van der Waals surface area (Å²) < 4.78 is 32.5. The van der Waals surface area contributed by atoms with Crippen LogP contribution in [-0.4, -0.2) is 44.9 Å². The molecule has 1 heterocycles. The molecule has 150 valence electrons. The number of likely N-dealkylation sites (N-methyl/N-ethyl adjacent to an activating group) is 1. The summed E-state index contributed by atoms with van der Waals surface area (Å²) in [6, 6.07) is 9.01. The van der Waals surface area contributed by atoms with Gasteiger partial charge in [-0.2, -0.15) is 0 Å². The summed E-state index contributed by atoms with van der Waals surface area (Å²) in [7, 11) is -1.97. The lowest BCUT2D eigenvalue weighted by Gasteiger charge is -2.16. The summed E-state index contributed by atoms with van der Waals surface area (Å²) >= 11 is 7.24. The average molecular weight is 443 g/mol. The van der Waals surface area contributed by atoms with Crippen LogP contribution in [0.25, 0.3) is 0 Å².